The van der Waals surface area contributed by atoms with Gasteiger partial charge < -0.3 is 10.1 Å². The minimum atomic E-state index is -3.47. The SMILES string of the molecule is CC(C)C(C)NC(=O)COC(=O)CCc1ccc(S(=O)(=O)N2CCCCCC2)cc1. The van der Waals surface area contributed by atoms with Crippen molar-refractivity contribution in [2.24, 2.45) is 5.92 Å². The number of amides is 1. The van der Waals surface area contributed by atoms with Crippen LogP contribution >= 0.6 is 0 Å². The van der Waals surface area contributed by atoms with E-state index in [-0.39, 0.29) is 29.9 Å². The Morgan fingerprint density at radius 2 is 1.63 bits per heavy atom. The van der Waals surface area contributed by atoms with Crippen LogP contribution in [-0.2, 0) is 30.8 Å². The molecule has 8 heteroatoms. The topological polar surface area (TPSA) is 92.8 Å². The Morgan fingerprint density at radius 1 is 1.03 bits per heavy atom. The summed E-state index contributed by atoms with van der Waals surface area (Å²) in [7, 11) is -3.47. The molecule has 1 amide bonds. The van der Waals surface area contributed by atoms with E-state index in [0.29, 0.717) is 25.4 Å². The quantitative estimate of drug-likeness (QED) is 0.599. The van der Waals surface area contributed by atoms with Crippen molar-refractivity contribution < 1.29 is 22.7 Å². The van der Waals surface area contributed by atoms with Crippen LogP contribution in [0, 0.1) is 5.92 Å². The van der Waals surface area contributed by atoms with Crippen LogP contribution in [-0.4, -0.2) is 50.3 Å². The molecule has 1 atom stereocenters. The number of nitrogens with zero attached hydrogens (tertiary/aromatic N) is 1. The first kappa shape index (κ1) is 24.3. The van der Waals surface area contributed by atoms with Gasteiger partial charge in [-0.1, -0.05) is 38.8 Å². The van der Waals surface area contributed by atoms with Gasteiger partial charge in [0.05, 0.1) is 4.90 Å². The molecule has 0 aliphatic carbocycles. The number of carbonyl (C=O) groups is 2. The molecule has 0 saturated carbocycles. The largest absolute Gasteiger partial charge is 0.456 e. The molecule has 1 fully saturated rings. The standard InChI is InChI=1S/C22H34N2O5S/c1-17(2)18(3)23-21(25)16-29-22(26)13-10-19-8-11-20(12-9-19)30(27,28)24-14-6-4-5-7-15-24/h8-9,11-12,17-18H,4-7,10,13-16H2,1-3H3,(H,23,25). The summed E-state index contributed by atoms with van der Waals surface area (Å²) in [6.07, 6.45) is 4.48. The molecule has 0 spiro atoms. The zero-order valence-corrected chi connectivity index (χ0v) is 19.0. The zero-order valence-electron chi connectivity index (χ0n) is 18.2. The molecule has 0 radical (unpaired) electrons. The number of hydrogen-bond donors (Lipinski definition) is 1. The Kier molecular flexibility index (Phi) is 9.30. The van der Waals surface area contributed by atoms with Crippen molar-refractivity contribution >= 4 is 21.9 Å². The highest BCUT2D eigenvalue weighted by Crippen LogP contribution is 2.21. The number of carbonyl (C=O) groups excluding carboxylic acids is 2. The van der Waals surface area contributed by atoms with E-state index >= 15 is 0 Å². The normalized spacial score (nSPS) is 16.7. The number of nitrogens with one attached hydrogen (secondary N) is 1. The second-order valence-electron chi connectivity index (χ2n) is 8.22. The fourth-order valence-corrected chi connectivity index (χ4v) is 4.70. The molecule has 1 aromatic carbocycles. The van der Waals surface area contributed by atoms with Crippen LogP contribution in [0.2, 0.25) is 0 Å². The second kappa shape index (κ2) is 11.5. The third-order valence-corrected chi connectivity index (χ3v) is 7.41. The van der Waals surface area contributed by atoms with Crippen molar-refractivity contribution in [3.63, 3.8) is 0 Å². The number of hydrogen-bond acceptors (Lipinski definition) is 5. The van der Waals surface area contributed by atoms with Crippen LogP contribution in [0.1, 0.15) is 58.4 Å². The van der Waals surface area contributed by atoms with Crippen molar-refractivity contribution in [3.8, 4) is 0 Å². The third kappa shape index (κ3) is 7.40. The van der Waals surface area contributed by atoms with Gasteiger partial charge in [0.1, 0.15) is 0 Å². The molecule has 7 nitrogen and oxygen atoms in total. The van der Waals surface area contributed by atoms with Crippen molar-refractivity contribution in [1.29, 1.82) is 0 Å². The molecular formula is C22H34N2O5S. The molecule has 168 valence electrons. The van der Waals surface area contributed by atoms with Crippen molar-refractivity contribution in [1.82, 2.24) is 9.62 Å². The molecule has 30 heavy (non-hydrogen) atoms. The van der Waals surface area contributed by atoms with Crippen molar-refractivity contribution in [2.45, 2.75) is 70.2 Å². The molecule has 1 saturated heterocycles. The monoisotopic (exact) mass is 438 g/mol. The average molecular weight is 439 g/mol. The number of esters is 1. The van der Waals surface area contributed by atoms with E-state index in [0.717, 1.165) is 31.2 Å². The van der Waals surface area contributed by atoms with E-state index in [9.17, 15) is 18.0 Å². The zero-order chi connectivity index (χ0) is 22.1. The summed E-state index contributed by atoms with van der Waals surface area (Å²) in [5, 5.41) is 2.78. The first-order valence-electron chi connectivity index (χ1n) is 10.7. The number of benzene rings is 1. The lowest BCUT2D eigenvalue weighted by Crippen LogP contribution is -2.38. The summed E-state index contributed by atoms with van der Waals surface area (Å²) in [6.45, 7) is 6.76. The Hall–Kier alpha value is -1.93. The van der Waals surface area contributed by atoms with Crippen molar-refractivity contribution in [3.05, 3.63) is 29.8 Å². The van der Waals surface area contributed by atoms with E-state index in [4.69, 9.17) is 4.74 Å². The first-order chi connectivity index (χ1) is 14.2. The molecule has 1 heterocycles. The van der Waals surface area contributed by atoms with Gasteiger partial charge in [-0.2, -0.15) is 4.31 Å². The highest BCUT2D eigenvalue weighted by molar-refractivity contribution is 7.89. The molecule has 1 aliphatic rings. The van der Waals surface area contributed by atoms with E-state index in [1.54, 1.807) is 28.6 Å². The van der Waals surface area contributed by atoms with Gasteiger partial charge in [0.15, 0.2) is 6.61 Å². The number of rotatable bonds is 9. The third-order valence-electron chi connectivity index (χ3n) is 5.50. The van der Waals surface area contributed by atoms with Crippen LogP contribution < -0.4 is 5.32 Å². The lowest BCUT2D eigenvalue weighted by molar-refractivity contribution is -0.148. The molecule has 2 rings (SSSR count). The maximum absolute atomic E-state index is 12.8. The second-order valence-corrected chi connectivity index (χ2v) is 10.2. The van der Waals surface area contributed by atoms with Gasteiger partial charge in [-0.3, -0.25) is 9.59 Å². The molecule has 0 bridgehead atoms. The summed E-state index contributed by atoms with van der Waals surface area (Å²) in [4.78, 5) is 24.0. The van der Waals surface area contributed by atoms with Gasteiger partial charge in [-0.25, -0.2) is 8.42 Å². The lowest BCUT2D eigenvalue weighted by Gasteiger charge is -2.20. The molecule has 1 aliphatic heterocycles. The first-order valence-corrected chi connectivity index (χ1v) is 12.2. The van der Waals surface area contributed by atoms with Crippen LogP contribution in [0.5, 0.6) is 0 Å². The van der Waals surface area contributed by atoms with E-state index in [1.807, 2.05) is 20.8 Å². The number of sulfonamides is 1. The minimum absolute atomic E-state index is 0.0142. The Bertz CT molecular complexity index is 797. The summed E-state index contributed by atoms with van der Waals surface area (Å²) in [6, 6.07) is 6.67. The fraction of sp³-hybridized carbons (Fsp3) is 0.636. The smallest absolute Gasteiger partial charge is 0.306 e. The van der Waals surface area contributed by atoms with E-state index in [2.05, 4.69) is 5.32 Å². The predicted molar refractivity (Wildman–Crippen MR) is 115 cm³/mol. The van der Waals surface area contributed by atoms with Crippen LogP contribution in [0.25, 0.3) is 0 Å². The maximum Gasteiger partial charge on any atom is 0.306 e. The average Bonchev–Trinajstić information content (AvgIpc) is 3.01. The lowest BCUT2D eigenvalue weighted by atomic mass is 10.1. The maximum atomic E-state index is 12.8. The Labute approximate surface area is 180 Å². The van der Waals surface area contributed by atoms with Gasteiger partial charge in [0.2, 0.25) is 10.0 Å². The highest BCUT2D eigenvalue weighted by Gasteiger charge is 2.25. The van der Waals surface area contributed by atoms with Gasteiger partial charge >= 0.3 is 5.97 Å². The van der Waals surface area contributed by atoms with E-state index < -0.39 is 16.0 Å². The van der Waals surface area contributed by atoms with E-state index in [1.165, 1.54) is 0 Å². The van der Waals surface area contributed by atoms with Gasteiger partial charge in [-0.15, -0.1) is 0 Å². The van der Waals surface area contributed by atoms with Gasteiger partial charge in [0.25, 0.3) is 5.91 Å². The van der Waals surface area contributed by atoms with Gasteiger partial charge in [0, 0.05) is 25.6 Å². The summed E-state index contributed by atoms with van der Waals surface area (Å²) < 4.78 is 32.2. The highest BCUT2D eigenvalue weighted by atomic mass is 32.2. The summed E-state index contributed by atoms with van der Waals surface area (Å²) >= 11 is 0. The number of aryl methyl sites for hydroxylation is 1. The molecule has 0 aromatic heterocycles. The fourth-order valence-electron chi connectivity index (χ4n) is 3.19. The summed E-state index contributed by atoms with van der Waals surface area (Å²) in [5.74, 6) is -0.466. The molecule has 1 unspecified atom stereocenters. The number of ether oxygens (including phenoxy) is 1. The predicted octanol–water partition coefficient (Wildman–Crippen LogP) is 2.89. The molecular weight excluding hydrogens is 404 g/mol. The molecule has 1 N–H and O–H groups in total. The minimum Gasteiger partial charge on any atom is -0.456 e. The van der Waals surface area contributed by atoms with Crippen LogP contribution in [0.4, 0.5) is 0 Å². The van der Waals surface area contributed by atoms with Gasteiger partial charge in [-0.05, 0) is 49.8 Å². The van der Waals surface area contributed by atoms with Crippen LogP contribution in [0.15, 0.2) is 29.2 Å². The Morgan fingerprint density at radius 3 is 2.20 bits per heavy atom. The summed E-state index contributed by atoms with van der Waals surface area (Å²) in [5.41, 5.74) is 0.847. The molecule has 1 aromatic rings. The van der Waals surface area contributed by atoms with Crippen LogP contribution in [0.3, 0.4) is 0 Å². The van der Waals surface area contributed by atoms with Crippen molar-refractivity contribution in [2.75, 3.05) is 19.7 Å². The Balaban J connectivity index is 1.81.